The van der Waals surface area contributed by atoms with Gasteiger partial charge in [-0.25, -0.2) is 0 Å². The van der Waals surface area contributed by atoms with Gasteiger partial charge in [0.05, 0.1) is 12.2 Å². The van der Waals surface area contributed by atoms with Gasteiger partial charge in [-0.05, 0) is 44.4 Å². The molecule has 0 atom stereocenters. The maximum absolute atomic E-state index is 5.86. The number of thiocarbonyl (C=S) groups is 1. The minimum atomic E-state index is 0.396. The molecule has 0 radical (unpaired) electrons. The van der Waals surface area contributed by atoms with Crippen molar-refractivity contribution >= 4 is 17.2 Å². The molecule has 0 saturated heterocycles. The predicted octanol–water partition coefficient (Wildman–Crippen LogP) is 3.35. The lowest BCUT2D eigenvalue weighted by molar-refractivity contribution is 0.224. The normalized spacial score (nSPS) is 14.4. The van der Waals surface area contributed by atoms with E-state index in [1.807, 2.05) is 24.3 Å². The molecular formula is C17H26N2OS. The van der Waals surface area contributed by atoms with Crippen LogP contribution in [0.25, 0.3) is 0 Å². The van der Waals surface area contributed by atoms with Gasteiger partial charge in [0, 0.05) is 12.6 Å². The Morgan fingerprint density at radius 1 is 1.29 bits per heavy atom. The van der Waals surface area contributed by atoms with Crippen LogP contribution in [-0.2, 0) is 0 Å². The summed E-state index contributed by atoms with van der Waals surface area (Å²) >= 11 is 5.05. The third kappa shape index (κ3) is 5.29. The lowest BCUT2D eigenvalue weighted by Gasteiger charge is -2.21. The first kappa shape index (κ1) is 16.2. The molecular weight excluding hydrogens is 280 g/mol. The summed E-state index contributed by atoms with van der Waals surface area (Å²) in [4.78, 5) is 3.01. The van der Waals surface area contributed by atoms with Crippen molar-refractivity contribution in [2.45, 2.75) is 45.1 Å². The highest BCUT2D eigenvalue weighted by Gasteiger charge is 2.27. The highest BCUT2D eigenvalue weighted by Crippen LogP contribution is 2.27. The molecule has 0 aromatic heterocycles. The van der Waals surface area contributed by atoms with Crippen molar-refractivity contribution in [3.63, 3.8) is 0 Å². The van der Waals surface area contributed by atoms with Gasteiger partial charge in [-0.2, -0.15) is 0 Å². The van der Waals surface area contributed by atoms with Crippen LogP contribution >= 0.6 is 12.2 Å². The average molecular weight is 306 g/mol. The highest BCUT2D eigenvalue weighted by atomic mass is 32.1. The van der Waals surface area contributed by atoms with Crippen molar-refractivity contribution in [1.29, 1.82) is 0 Å². The Hall–Kier alpha value is -1.13. The Balaban J connectivity index is 1.75. The van der Waals surface area contributed by atoms with Gasteiger partial charge in [0.2, 0.25) is 0 Å². The van der Waals surface area contributed by atoms with Gasteiger partial charge in [0.25, 0.3) is 0 Å². The largest absolute Gasteiger partial charge is 0.493 e. The fourth-order valence-corrected chi connectivity index (χ4v) is 2.69. The summed E-state index contributed by atoms with van der Waals surface area (Å²) in [5, 5.41) is 0. The van der Waals surface area contributed by atoms with Gasteiger partial charge in [0.1, 0.15) is 10.7 Å². The van der Waals surface area contributed by atoms with Gasteiger partial charge < -0.3 is 15.4 Å². The molecule has 1 fully saturated rings. The Kier molecular flexibility index (Phi) is 6.46. The number of ether oxygens (including phenoxy) is 1. The topological polar surface area (TPSA) is 38.5 Å². The van der Waals surface area contributed by atoms with Crippen LogP contribution < -0.4 is 10.5 Å². The van der Waals surface area contributed by atoms with Crippen molar-refractivity contribution < 1.29 is 4.74 Å². The zero-order valence-electron chi connectivity index (χ0n) is 12.9. The van der Waals surface area contributed by atoms with Crippen molar-refractivity contribution in [2.24, 2.45) is 5.73 Å². The third-order valence-corrected chi connectivity index (χ3v) is 4.08. The number of benzene rings is 1. The maximum Gasteiger partial charge on any atom is 0.129 e. The molecule has 1 saturated carbocycles. The summed E-state index contributed by atoms with van der Waals surface area (Å²) in [5.41, 5.74) is 6.54. The number of hydrogen-bond acceptors (Lipinski definition) is 3. The van der Waals surface area contributed by atoms with Gasteiger partial charge in [0.15, 0.2) is 0 Å². The highest BCUT2D eigenvalue weighted by molar-refractivity contribution is 7.80. The first-order chi connectivity index (χ1) is 10.2. The molecule has 1 aromatic rings. The number of nitrogens with two attached hydrogens (primary N) is 1. The van der Waals surface area contributed by atoms with Gasteiger partial charge in [-0.15, -0.1) is 0 Å². The molecule has 4 heteroatoms. The summed E-state index contributed by atoms with van der Waals surface area (Å²) in [6.07, 6.45) is 6.35. The molecule has 1 aromatic carbocycles. The first-order valence-corrected chi connectivity index (χ1v) is 8.39. The van der Waals surface area contributed by atoms with E-state index >= 15 is 0 Å². The van der Waals surface area contributed by atoms with E-state index in [0.717, 1.165) is 36.9 Å². The Morgan fingerprint density at radius 2 is 2.00 bits per heavy atom. The minimum Gasteiger partial charge on any atom is -0.493 e. The summed E-state index contributed by atoms with van der Waals surface area (Å²) in [7, 11) is 0. The molecule has 0 amide bonds. The van der Waals surface area contributed by atoms with Gasteiger partial charge in [-0.3, -0.25) is 0 Å². The fourth-order valence-electron chi connectivity index (χ4n) is 2.52. The molecule has 21 heavy (non-hydrogen) atoms. The molecule has 2 N–H and O–H groups in total. The number of para-hydroxylation sites is 1. The molecule has 0 spiro atoms. The van der Waals surface area contributed by atoms with Crippen LogP contribution in [0.5, 0.6) is 5.75 Å². The van der Waals surface area contributed by atoms with Gasteiger partial charge >= 0.3 is 0 Å². The quantitative estimate of drug-likeness (QED) is 0.531. The maximum atomic E-state index is 5.86. The minimum absolute atomic E-state index is 0.396. The number of rotatable bonds is 10. The van der Waals surface area contributed by atoms with Crippen LogP contribution in [0, 0.1) is 0 Å². The van der Waals surface area contributed by atoms with Crippen LogP contribution in [0.1, 0.15) is 44.6 Å². The van der Waals surface area contributed by atoms with E-state index < -0.39 is 0 Å². The Labute approximate surface area is 133 Å². The second-order valence-electron chi connectivity index (χ2n) is 5.68. The Bertz CT molecular complexity index is 460. The molecule has 2 rings (SSSR count). The van der Waals surface area contributed by atoms with Crippen molar-refractivity contribution in [1.82, 2.24) is 4.90 Å². The van der Waals surface area contributed by atoms with E-state index in [9.17, 15) is 0 Å². The SMILES string of the molecule is CCCCN(CCCOc1ccccc1C(N)=S)C1CC1. The lowest BCUT2D eigenvalue weighted by Crippen LogP contribution is -2.29. The summed E-state index contributed by atoms with van der Waals surface area (Å²) < 4.78 is 5.86. The monoisotopic (exact) mass is 306 g/mol. The first-order valence-electron chi connectivity index (χ1n) is 7.98. The van der Waals surface area contributed by atoms with Crippen molar-refractivity contribution in [2.75, 3.05) is 19.7 Å². The van der Waals surface area contributed by atoms with E-state index in [2.05, 4.69) is 11.8 Å². The Morgan fingerprint density at radius 3 is 2.67 bits per heavy atom. The molecule has 0 unspecified atom stereocenters. The van der Waals surface area contributed by atoms with E-state index in [1.165, 1.54) is 32.2 Å². The molecule has 1 aliphatic rings. The molecule has 0 bridgehead atoms. The number of nitrogens with zero attached hydrogens (tertiary/aromatic N) is 1. The van der Waals surface area contributed by atoms with Crippen molar-refractivity contribution in [3.05, 3.63) is 29.8 Å². The predicted molar refractivity (Wildman–Crippen MR) is 91.9 cm³/mol. The molecule has 3 nitrogen and oxygen atoms in total. The number of hydrogen-bond donors (Lipinski definition) is 1. The van der Waals surface area contributed by atoms with Gasteiger partial charge in [-0.1, -0.05) is 37.7 Å². The standard InChI is InChI=1S/C17H26N2OS/c1-2-3-11-19(14-9-10-14)12-6-13-20-16-8-5-4-7-15(16)17(18)21/h4-5,7-8,14H,2-3,6,9-13H2,1H3,(H2,18,21). The van der Waals surface area contributed by atoms with Crippen LogP contribution in [-0.4, -0.2) is 35.6 Å². The smallest absolute Gasteiger partial charge is 0.129 e. The molecule has 1 aliphatic carbocycles. The molecule has 116 valence electrons. The lowest BCUT2D eigenvalue weighted by atomic mass is 10.2. The van der Waals surface area contributed by atoms with E-state index in [-0.39, 0.29) is 0 Å². The van der Waals surface area contributed by atoms with E-state index in [0.29, 0.717) is 4.99 Å². The van der Waals surface area contributed by atoms with E-state index in [1.54, 1.807) is 0 Å². The average Bonchev–Trinajstić information content (AvgIpc) is 3.31. The van der Waals surface area contributed by atoms with Crippen LogP contribution in [0.15, 0.2) is 24.3 Å². The molecule has 0 heterocycles. The fraction of sp³-hybridized carbons (Fsp3) is 0.588. The zero-order chi connectivity index (χ0) is 15.1. The number of unbranched alkanes of at least 4 members (excludes halogenated alkanes) is 1. The van der Waals surface area contributed by atoms with Crippen LogP contribution in [0.3, 0.4) is 0 Å². The summed E-state index contributed by atoms with van der Waals surface area (Å²) in [5.74, 6) is 0.802. The zero-order valence-corrected chi connectivity index (χ0v) is 13.7. The van der Waals surface area contributed by atoms with Crippen molar-refractivity contribution in [3.8, 4) is 5.75 Å². The summed E-state index contributed by atoms with van der Waals surface area (Å²) in [6.45, 7) is 5.32. The molecule has 0 aliphatic heterocycles. The second-order valence-corrected chi connectivity index (χ2v) is 6.12. The van der Waals surface area contributed by atoms with E-state index in [4.69, 9.17) is 22.7 Å². The second kappa shape index (κ2) is 8.35. The van der Waals surface area contributed by atoms with Crippen LogP contribution in [0.4, 0.5) is 0 Å². The third-order valence-electron chi connectivity index (χ3n) is 3.86. The summed E-state index contributed by atoms with van der Waals surface area (Å²) in [6, 6.07) is 8.57. The van der Waals surface area contributed by atoms with Crippen LogP contribution in [0.2, 0.25) is 0 Å².